The third-order valence-electron chi connectivity index (χ3n) is 4.87. The second kappa shape index (κ2) is 8.54. The molecule has 0 unspecified atom stereocenters. The van der Waals surface area contributed by atoms with Gasteiger partial charge in [-0.3, -0.25) is 4.79 Å². The third kappa shape index (κ3) is 4.26. The van der Waals surface area contributed by atoms with E-state index in [9.17, 15) is 18.0 Å². The van der Waals surface area contributed by atoms with Crippen molar-refractivity contribution in [3.05, 3.63) is 53.0 Å². The Balaban J connectivity index is 1.63. The van der Waals surface area contributed by atoms with Gasteiger partial charge >= 0.3 is 6.61 Å². The van der Waals surface area contributed by atoms with Crippen LogP contribution in [0.5, 0.6) is 5.88 Å². The number of carbonyl (C=O) groups excluding carboxylic acids is 1. The summed E-state index contributed by atoms with van der Waals surface area (Å²) in [6, 6.07) is 2.52. The molecule has 12 heteroatoms. The highest BCUT2D eigenvalue weighted by atomic mass is 19.3. The highest BCUT2D eigenvalue weighted by Gasteiger charge is 2.21. The van der Waals surface area contributed by atoms with E-state index in [0.717, 1.165) is 0 Å². The fraction of sp³-hybridized carbons (Fsp3) is 0.350. The molecule has 4 aromatic heterocycles. The van der Waals surface area contributed by atoms with Crippen LogP contribution < -0.4 is 4.74 Å². The number of halogens is 3. The maximum absolute atomic E-state index is 14.3. The van der Waals surface area contributed by atoms with Crippen LogP contribution in [-0.4, -0.2) is 48.7 Å². The number of hydrogen-bond donors (Lipinski definition) is 0. The predicted molar refractivity (Wildman–Crippen MR) is 105 cm³/mol. The second-order valence-electron chi connectivity index (χ2n) is 7.19. The maximum atomic E-state index is 14.3. The van der Waals surface area contributed by atoms with E-state index in [4.69, 9.17) is 4.74 Å². The summed E-state index contributed by atoms with van der Waals surface area (Å²) in [4.78, 5) is 21.0. The van der Waals surface area contributed by atoms with Crippen LogP contribution in [0.25, 0.3) is 11.3 Å². The van der Waals surface area contributed by atoms with Crippen molar-refractivity contribution in [1.82, 2.24) is 29.2 Å². The van der Waals surface area contributed by atoms with Crippen molar-refractivity contribution in [2.45, 2.75) is 39.4 Å². The van der Waals surface area contributed by atoms with E-state index in [2.05, 4.69) is 24.9 Å². The van der Waals surface area contributed by atoms with Gasteiger partial charge in [0.05, 0.1) is 11.8 Å². The quantitative estimate of drug-likeness (QED) is 0.409. The standard InChI is InChI=1S/C20H19F3N6O3/c1-10(31-3)18-13(8-24-16-7-17(27-29(16)18)32-20(22)23)6-14(30)4-12-5-15(21)19-25-11(2)26-28(19)9-12/h5,7-10,20H,4,6H2,1-3H3/t10-/m0/s1. The Kier molecular flexibility index (Phi) is 5.78. The van der Waals surface area contributed by atoms with Crippen molar-refractivity contribution < 1.29 is 27.4 Å². The van der Waals surface area contributed by atoms with Gasteiger partial charge in [-0.05, 0) is 25.5 Å². The molecule has 0 saturated carbocycles. The van der Waals surface area contributed by atoms with Crippen LogP contribution in [0.3, 0.4) is 0 Å². The lowest BCUT2D eigenvalue weighted by atomic mass is 10.0. The van der Waals surface area contributed by atoms with Gasteiger partial charge in [0.1, 0.15) is 11.6 Å². The first-order valence-corrected chi connectivity index (χ1v) is 9.63. The van der Waals surface area contributed by atoms with E-state index in [1.807, 2.05) is 0 Å². The highest BCUT2D eigenvalue weighted by Crippen LogP contribution is 2.25. The van der Waals surface area contributed by atoms with Crippen LogP contribution in [0.2, 0.25) is 0 Å². The molecule has 0 aliphatic heterocycles. The number of pyridine rings is 1. The third-order valence-corrected chi connectivity index (χ3v) is 4.87. The summed E-state index contributed by atoms with van der Waals surface area (Å²) in [6.45, 7) is 0.344. The lowest BCUT2D eigenvalue weighted by molar-refractivity contribution is -0.117. The molecule has 4 heterocycles. The van der Waals surface area contributed by atoms with Gasteiger partial charge in [-0.2, -0.15) is 13.9 Å². The first kappa shape index (κ1) is 21.7. The first-order valence-electron chi connectivity index (χ1n) is 9.63. The van der Waals surface area contributed by atoms with Crippen molar-refractivity contribution in [3.8, 4) is 5.88 Å². The van der Waals surface area contributed by atoms with Gasteiger partial charge in [-0.25, -0.2) is 23.4 Å². The van der Waals surface area contributed by atoms with Crippen molar-refractivity contribution in [2.75, 3.05) is 7.11 Å². The Morgan fingerprint density at radius 2 is 2.00 bits per heavy atom. The number of fused-ring (bicyclic) bond motifs is 2. The Hall–Kier alpha value is -3.54. The number of Topliss-reactive ketones (excluding diaryl/α,β-unsaturated/α-hetero) is 1. The molecule has 9 nitrogen and oxygen atoms in total. The molecule has 1 atom stereocenters. The number of aryl methyl sites for hydroxylation is 1. The van der Waals surface area contributed by atoms with Crippen molar-refractivity contribution in [1.29, 1.82) is 0 Å². The lowest BCUT2D eigenvalue weighted by Crippen LogP contribution is -2.15. The SMILES string of the molecule is CO[C@@H](C)c1c(CC(=O)Cc2cc(F)c3nc(C)nn3c2)cnc2cc(OC(F)F)nn12. The van der Waals surface area contributed by atoms with Crippen LogP contribution in [0.1, 0.15) is 35.7 Å². The topological polar surface area (TPSA) is 95.9 Å². The average Bonchev–Trinajstić information content (AvgIpc) is 3.29. The molecular formula is C20H19F3N6O3. The number of ketones is 1. The average molecular weight is 448 g/mol. The Morgan fingerprint density at radius 3 is 2.72 bits per heavy atom. The molecule has 4 aromatic rings. The van der Waals surface area contributed by atoms with Gasteiger partial charge in [0.2, 0.25) is 5.88 Å². The highest BCUT2D eigenvalue weighted by molar-refractivity contribution is 5.83. The zero-order valence-corrected chi connectivity index (χ0v) is 17.4. The van der Waals surface area contributed by atoms with E-state index in [1.165, 1.54) is 34.5 Å². The van der Waals surface area contributed by atoms with Gasteiger partial charge in [0.25, 0.3) is 0 Å². The minimum absolute atomic E-state index is 0.0487. The minimum atomic E-state index is -3.03. The summed E-state index contributed by atoms with van der Waals surface area (Å²) in [7, 11) is 1.47. The molecule has 0 radical (unpaired) electrons. The van der Waals surface area contributed by atoms with Gasteiger partial charge < -0.3 is 9.47 Å². The molecular weight excluding hydrogens is 429 g/mol. The van der Waals surface area contributed by atoms with Crippen molar-refractivity contribution >= 4 is 17.1 Å². The lowest BCUT2D eigenvalue weighted by Gasteiger charge is -2.16. The molecule has 4 rings (SSSR count). The minimum Gasteiger partial charge on any atom is -0.415 e. The molecule has 32 heavy (non-hydrogen) atoms. The summed E-state index contributed by atoms with van der Waals surface area (Å²) < 4.78 is 51.8. The Bertz CT molecular complexity index is 1300. The van der Waals surface area contributed by atoms with E-state index in [1.54, 1.807) is 20.0 Å². The number of alkyl halides is 2. The largest absolute Gasteiger partial charge is 0.415 e. The molecule has 0 fully saturated rings. The van der Waals surface area contributed by atoms with E-state index in [-0.39, 0.29) is 35.8 Å². The molecule has 168 valence electrons. The number of nitrogens with zero attached hydrogens (tertiary/aromatic N) is 6. The molecule has 0 bridgehead atoms. The van der Waals surface area contributed by atoms with E-state index >= 15 is 0 Å². The molecule has 0 saturated heterocycles. The summed E-state index contributed by atoms with van der Waals surface area (Å²) in [5.41, 5.74) is 1.77. The number of aromatic nitrogens is 6. The first-order chi connectivity index (χ1) is 15.2. The van der Waals surface area contributed by atoms with E-state index in [0.29, 0.717) is 22.6 Å². The normalized spacial score (nSPS) is 12.7. The van der Waals surface area contributed by atoms with Crippen molar-refractivity contribution in [2.24, 2.45) is 0 Å². The second-order valence-corrected chi connectivity index (χ2v) is 7.19. The monoisotopic (exact) mass is 448 g/mol. The van der Waals surface area contributed by atoms with Crippen LogP contribution in [-0.2, 0) is 22.4 Å². The number of ether oxygens (including phenoxy) is 2. The van der Waals surface area contributed by atoms with Crippen molar-refractivity contribution in [3.63, 3.8) is 0 Å². The predicted octanol–water partition coefficient (Wildman–Crippen LogP) is 2.88. The van der Waals surface area contributed by atoms with Gasteiger partial charge in [0.15, 0.2) is 17.1 Å². The smallest absolute Gasteiger partial charge is 0.388 e. The molecule has 0 aromatic carbocycles. The van der Waals surface area contributed by atoms with E-state index < -0.39 is 18.5 Å². The number of hydrogen-bond acceptors (Lipinski definition) is 7. The molecule has 0 aliphatic carbocycles. The van der Waals surface area contributed by atoms with Crippen LogP contribution >= 0.6 is 0 Å². The fourth-order valence-electron chi connectivity index (χ4n) is 3.50. The van der Waals surface area contributed by atoms with Crippen LogP contribution in [0.4, 0.5) is 13.2 Å². The Labute approximate surface area is 179 Å². The molecule has 0 aliphatic rings. The Morgan fingerprint density at radius 1 is 1.22 bits per heavy atom. The van der Waals surface area contributed by atoms with Crippen LogP contribution in [0, 0.1) is 12.7 Å². The zero-order chi connectivity index (χ0) is 23.0. The van der Waals surface area contributed by atoms with Gasteiger partial charge in [0, 0.05) is 44.0 Å². The zero-order valence-electron chi connectivity index (χ0n) is 17.4. The molecule has 0 spiro atoms. The number of methoxy groups -OCH3 is 1. The fourth-order valence-corrected chi connectivity index (χ4v) is 3.50. The van der Waals surface area contributed by atoms with Crippen LogP contribution in [0.15, 0.2) is 24.5 Å². The van der Waals surface area contributed by atoms with Gasteiger partial charge in [-0.15, -0.1) is 5.10 Å². The molecule has 0 amide bonds. The molecule has 0 N–H and O–H groups in total. The summed E-state index contributed by atoms with van der Waals surface area (Å²) >= 11 is 0. The number of carbonyl (C=O) groups is 1. The number of rotatable bonds is 8. The van der Waals surface area contributed by atoms with Gasteiger partial charge in [-0.1, -0.05) is 0 Å². The summed E-state index contributed by atoms with van der Waals surface area (Å²) in [5, 5.41) is 8.10. The maximum Gasteiger partial charge on any atom is 0.388 e. The summed E-state index contributed by atoms with van der Waals surface area (Å²) in [6.07, 6.45) is 2.40. The summed E-state index contributed by atoms with van der Waals surface area (Å²) in [5.74, 6) is -0.676.